The molecule has 0 spiro atoms. The van der Waals surface area contributed by atoms with E-state index in [1.165, 1.54) is 0 Å². The van der Waals surface area contributed by atoms with Gasteiger partial charge in [0.2, 0.25) is 5.91 Å². The summed E-state index contributed by atoms with van der Waals surface area (Å²) in [6, 6.07) is 4.01. The summed E-state index contributed by atoms with van der Waals surface area (Å²) in [5.74, 6) is 1.18. The van der Waals surface area contributed by atoms with Crippen LogP contribution >= 0.6 is 15.9 Å². The van der Waals surface area contributed by atoms with E-state index in [9.17, 15) is 4.79 Å². The highest BCUT2D eigenvalue weighted by Gasteiger charge is 2.28. The summed E-state index contributed by atoms with van der Waals surface area (Å²) < 4.78 is 6.84. The van der Waals surface area contributed by atoms with Crippen LogP contribution in [0.3, 0.4) is 0 Å². The Kier molecular flexibility index (Phi) is 3.66. The number of rotatable bonds is 1. The summed E-state index contributed by atoms with van der Waals surface area (Å²) in [5, 5.41) is 0. The van der Waals surface area contributed by atoms with Crippen LogP contribution in [-0.4, -0.2) is 19.6 Å². The van der Waals surface area contributed by atoms with Gasteiger partial charge in [0, 0.05) is 11.5 Å². The summed E-state index contributed by atoms with van der Waals surface area (Å²) in [6.45, 7) is 6.59. The van der Waals surface area contributed by atoms with Crippen molar-refractivity contribution in [3.8, 4) is 5.75 Å². The molecular weight excluding hydrogens is 294 g/mol. The number of benzene rings is 1. The minimum absolute atomic E-state index is 0.0987. The molecule has 0 fully saturated rings. The normalized spacial score (nSPS) is 19.6. The zero-order chi connectivity index (χ0) is 13.4. The van der Waals surface area contributed by atoms with Gasteiger partial charge in [0.15, 0.2) is 0 Å². The highest BCUT2D eigenvalue weighted by atomic mass is 79.9. The van der Waals surface area contributed by atoms with Gasteiger partial charge >= 0.3 is 0 Å². The number of halogens is 1. The van der Waals surface area contributed by atoms with Gasteiger partial charge in [0.05, 0.1) is 18.2 Å². The standard InChI is InChI=1S/C14H18BrNO2/c1-8(2)11-5-10(15)6-12-13(11)18-7-9(3)14(17)16(12)4/h5-6,8-9H,7H2,1-4H3. The fourth-order valence-electron chi connectivity index (χ4n) is 2.16. The molecule has 1 aliphatic heterocycles. The molecule has 0 aromatic heterocycles. The van der Waals surface area contributed by atoms with E-state index in [0.717, 1.165) is 21.5 Å². The molecule has 1 aromatic carbocycles. The maximum absolute atomic E-state index is 12.1. The van der Waals surface area contributed by atoms with Crippen LogP contribution in [0.1, 0.15) is 32.3 Å². The first-order chi connectivity index (χ1) is 8.41. The maximum Gasteiger partial charge on any atom is 0.233 e. The van der Waals surface area contributed by atoms with Crippen molar-refractivity contribution in [2.45, 2.75) is 26.7 Å². The molecule has 1 atom stereocenters. The van der Waals surface area contributed by atoms with Crippen molar-refractivity contribution in [2.24, 2.45) is 5.92 Å². The number of carbonyl (C=O) groups is 1. The second-order valence-electron chi connectivity index (χ2n) is 5.11. The lowest BCUT2D eigenvalue weighted by atomic mass is 10.0. The molecule has 0 aliphatic carbocycles. The van der Waals surface area contributed by atoms with Gasteiger partial charge < -0.3 is 9.64 Å². The quantitative estimate of drug-likeness (QED) is 0.793. The zero-order valence-corrected chi connectivity index (χ0v) is 12.7. The van der Waals surface area contributed by atoms with Crippen molar-refractivity contribution in [1.82, 2.24) is 0 Å². The average Bonchev–Trinajstić information content (AvgIpc) is 2.42. The Morgan fingerprint density at radius 1 is 1.44 bits per heavy atom. The monoisotopic (exact) mass is 311 g/mol. The number of hydrogen-bond donors (Lipinski definition) is 0. The number of carbonyl (C=O) groups excluding carboxylic acids is 1. The van der Waals surface area contributed by atoms with Crippen LogP contribution in [0.15, 0.2) is 16.6 Å². The van der Waals surface area contributed by atoms with Crippen molar-refractivity contribution >= 4 is 27.5 Å². The molecule has 18 heavy (non-hydrogen) atoms. The van der Waals surface area contributed by atoms with Crippen LogP contribution in [-0.2, 0) is 4.79 Å². The topological polar surface area (TPSA) is 29.5 Å². The minimum Gasteiger partial charge on any atom is -0.490 e. The second kappa shape index (κ2) is 4.92. The number of fused-ring (bicyclic) bond motifs is 1. The summed E-state index contributed by atoms with van der Waals surface area (Å²) in [4.78, 5) is 13.8. The zero-order valence-electron chi connectivity index (χ0n) is 11.2. The molecule has 1 aromatic rings. The fraction of sp³-hybridized carbons (Fsp3) is 0.500. The van der Waals surface area contributed by atoms with Crippen LogP contribution in [0.2, 0.25) is 0 Å². The minimum atomic E-state index is -0.110. The van der Waals surface area contributed by atoms with Gasteiger partial charge in [-0.2, -0.15) is 0 Å². The van der Waals surface area contributed by atoms with Crippen LogP contribution in [0.4, 0.5) is 5.69 Å². The molecule has 1 amide bonds. The van der Waals surface area contributed by atoms with E-state index in [1.54, 1.807) is 4.90 Å². The Labute approximate surface area is 116 Å². The number of hydrogen-bond acceptors (Lipinski definition) is 2. The van der Waals surface area contributed by atoms with E-state index in [2.05, 4.69) is 35.8 Å². The predicted octanol–water partition coefficient (Wildman–Crippen LogP) is 3.56. The first-order valence-electron chi connectivity index (χ1n) is 6.15. The van der Waals surface area contributed by atoms with Gasteiger partial charge in [-0.15, -0.1) is 0 Å². The van der Waals surface area contributed by atoms with Gasteiger partial charge in [-0.25, -0.2) is 0 Å². The Morgan fingerprint density at radius 2 is 2.11 bits per heavy atom. The number of amides is 1. The fourth-order valence-corrected chi connectivity index (χ4v) is 2.63. The molecule has 1 unspecified atom stereocenters. The van der Waals surface area contributed by atoms with Gasteiger partial charge in [-0.05, 0) is 23.6 Å². The highest BCUT2D eigenvalue weighted by molar-refractivity contribution is 9.10. The Morgan fingerprint density at radius 3 is 2.72 bits per heavy atom. The third-order valence-corrected chi connectivity index (χ3v) is 3.73. The van der Waals surface area contributed by atoms with E-state index in [1.807, 2.05) is 20.0 Å². The molecule has 0 saturated carbocycles. The highest BCUT2D eigenvalue weighted by Crippen LogP contribution is 2.40. The van der Waals surface area contributed by atoms with E-state index >= 15 is 0 Å². The van der Waals surface area contributed by atoms with Crippen molar-refractivity contribution in [2.75, 3.05) is 18.6 Å². The third kappa shape index (κ3) is 2.26. The molecule has 98 valence electrons. The van der Waals surface area contributed by atoms with Crippen LogP contribution < -0.4 is 9.64 Å². The summed E-state index contributed by atoms with van der Waals surface area (Å²) in [5.41, 5.74) is 1.98. The molecule has 0 N–H and O–H groups in total. The molecular formula is C14H18BrNO2. The van der Waals surface area contributed by atoms with E-state index in [0.29, 0.717) is 12.5 Å². The lowest BCUT2D eigenvalue weighted by Crippen LogP contribution is -2.31. The number of anilines is 1. The Bertz CT molecular complexity index is 485. The largest absolute Gasteiger partial charge is 0.490 e. The third-order valence-electron chi connectivity index (χ3n) is 3.28. The van der Waals surface area contributed by atoms with Crippen LogP contribution in [0.25, 0.3) is 0 Å². The van der Waals surface area contributed by atoms with Crippen molar-refractivity contribution in [1.29, 1.82) is 0 Å². The smallest absolute Gasteiger partial charge is 0.233 e. The van der Waals surface area contributed by atoms with Gasteiger partial charge in [0.1, 0.15) is 5.75 Å². The summed E-state index contributed by atoms with van der Waals surface area (Å²) in [7, 11) is 1.81. The Hall–Kier alpha value is -1.03. The molecule has 1 heterocycles. The molecule has 3 nitrogen and oxygen atoms in total. The first kappa shape index (κ1) is 13.4. The number of nitrogens with zero attached hydrogens (tertiary/aromatic N) is 1. The number of ether oxygens (including phenoxy) is 1. The maximum atomic E-state index is 12.1. The van der Waals surface area contributed by atoms with Crippen LogP contribution in [0.5, 0.6) is 5.75 Å². The lowest BCUT2D eigenvalue weighted by Gasteiger charge is -2.21. The second-order valence-corrected chi connectivity index (χ2v) is 6.02. The molecule has 4 heteroatoms. The summed E-state index contributed by atoms with van der Waals surface area (Å²) in [6.07, 6.45) is 0. The molecule has 0 radical (unpaired) electrons. The molecule has 0 bridgehead atoms. The predicted molar refractivity (Wildman–Crippen MR) is 76.3 cm³/mol. The Balaban J connectivity index is 2.60. The van der Waals surface area contributed by atoms with Crippen molar-refractivity contribution in [3.05, 3.63) is 22.2 Å². The molecule has 1 aliphatic rings. The molecule has 2 rings (SSSR count). The lowest BCUT2D eigenvalue weighted by molar-refractivity contribution is -0.122. The first-order valence-corrected chi connectivity index (χ1v) is 6.95. The SMILES string of the molecule is CC1COc2c(C(C)C)cc(Br)cc2N(C)C1=O. The van der Waals surface area contributed by atoms with E-state index in [4.69, 9.17) is 4.74 Å². The van der Waals surface area contributed by atoms with E-state index < -0.39 is 0 Å². The van der Waals surface area contributed by atoms with Crippen LogP contribution in [0, 0.1) is 5.92 Å². The van der Waals surface area contributed by atoms with Gasteiger partial charge in [-0.1, -0.05) is 36.7 Å². The van der Waals surface area contributed by atoms with Gasteiger partial charge in [-0.3, -0.25) is 4.79 Å². The average molecular weight is 312 g/mol. The molecule has 0 saturated heterocycles. The summed E-state index contributed by atoms with van der Waals surface area (Å²) >= 11 is 3.50. The van der Waals surface area contributed by atoms with Gasteiger partial charge in [0.25, 0.3) is 0 Å². The van der Waals surface area contributed by atoms with Crippen molar-refractivity contribution in [3.63, 3.8) is 0 Å². The van der Waals surface area contributed by atoms with E-state index in [-0.39, 0.29) is 11.8 Å². The van der Waals surface area contributed by atoms with Crippen molar-refractivity contribution < 1.29 is 9.53 Å².